The highest BCUT2D eigenvalue weighted by molar-refractivity contribution is 7.89. The fourth-order valence-electron chi connectivity index (χ4n) is 4.33. The summed E-state index contributed by atoms with van der Waals surface area (Å²) in [4.78, 5) is 44.3. The number of benzene rings is 1. The van der Waals surface area contributed by atoms with Gasteiger partial charge in [0.15, 0.2) is 0 Å². The number of carbonyl (C=O) groups is 3. The van der Waals surface area contributed by atoms with Crippen LogP contribution < -0.4 is 10.0 Å². The van der Waals surface area contributed by atoms with Crippen LogP contribution in [0.15, 0.2) is 65.2 Å². The molecule has 3 amide bonds. The average Bonchev–Trinajstić information content (AvgIpc) is 2.92. The van der Waals surface area contributed by atoms with E-state index in [9.17, 15) is 22.8 Å². The van der Waals surface area contributed by atoms with Gasteiger partial charge in [0.2, 0.25) is 10.0 Å². The molecule has 1 fully saturated rings. The first kappa shape index (κ1) is 27.3. The van der Waals surface area contributed by atoms with Gasteiger partial charge in [-0.05, 0) is 25.5 Å². The number of esters is 1. The Kier molecular flexibility index (Phi) is 8.74. The molecular formula is C26H31N5O6S. The van der Waals surface area contributed by atoms with Crippen LogP contribution in [0, 0.1) is 0 Å². The number of piperazine rings is 1. The first-order chi connectivity index (χ1) is 18.3. The van der Waals surface area contributed by atoms with E-state index in [1.807, 2.05) is 0 Å². The van der Waals surface area contributed by atoms with Gasteiger partial charge in [0.05, 0.1) is 18.5 Å². The van der Waals surface area contributed by atoms with Gasteiger partial charge in [0, 0.05) is 55.9 Å². The summed E-state index contributed by atoms with van der Waals surface area (Å²) in [5.41, 5.74) is 0.889. The smallest absolute Gasteiger partial charge is 0.317 e. The standard InChI is InChI=1S/C26H31N5O6S/c1-2-37-23(32)12-14-28-26(34)31-17-15-30(16-18-31)25(33)20-8-10-21(11-9-20)29-38(35,36)22-7-3-5-19-6-4-13-27-24(19)22/h3-10,13,21,29H,2,11-12,14-18H2,1H3,(H,28,34). The van der Waals surface area contributed by atoms with Crippen molar-refractivity contribution in [2.75, 3.05) is 39.3 Å². The lowest BCUT2D eigenvalue weighted by atomic mass is 10.0. The van der Waals surface area contributed by atoms with Crippen LogP contribution in [0.1, 0.15) is 19.8 Å². The van der Waals surface area contributed by atoms with Crippen LogP contribution in [0.2, 0.25) is 0 Å². The maximum Gasteiger partial charge on any atom is 0.317 e. The molecule has 2 aromatic rings. The van der Waals surface area contributed by atoms with E-state index in [-0.39, 0.29) is 35.8 Å². The maximum atomic E-state index is 13.1. The molecule has 1 aliphatic carbocycles. The van der Waals surface area contributed by atoms with E-state index in [4.69, 9.17) is 4.74 Å². The Morgan fingerprint density at radius 1 is 1.08 bits per heavy atom. The predicted octanol–water partition coefficient (Wildman–Crippen LogP) is 1.58. The Labute approximate surface area is 221 Å². The number of sulfonamides is 1. The SMILES string of the molecule is CCOC(=O)CCNC(=O)N1CCN(C(=O)C2=CCC(NS(=O)(=O)c3cccc4cccnc34)C=C2)CC1. The topological polar surface area (TPSA) is 138 Å². The molecule has 4 rings (SSSR count). The molecule has 38 heavy (non-hydrogen) atoms. The predicted molar refractivity (Wildman–Crippen MR) is 140 cm³/mol. The summed E-state index contributed by atoms with van der Waals surface area (Å²) in [5, 5.41) is 3.43. The molecule has 12 heteroatoms. The van der Waals surface area contributed by atoms with Crippen molar-refractivity contribution in [1.29, 1.82) is 0 Å². The Morgan fingerprint density at radius 2 is 1.82 bits per heavy atom. The molecule has 1 unspecified atom stereocenters. The van der Waals surface area contributed by atoms with E-state index in [1.54, 1.807) is 65.4 Å². The van der Waals surface area contributed by atoms with Crippen LogP contribution in [0.3, 0.4) is 0 Å². The molecule has 1 aromatic carbocycles. The summed E-state index contributed by atoms with van der Waals surface area (Å²) in [7, 11) is -3.83. The highest BCUT2D eigenvalue weighted by atomic mass is 32.2. The molecular weight excluding hydrogens is 510 g/mol. The maximum absolute atomic E-state index is 13.1. The average molecular weight is 542 g/mol. The minimum atomic E-state index is -3.83. The molecule has 2 heterocycles. The minimum Gasteiger partial charge on any atom is -0.466 e. The molecule has 0 radical (unpaired) electrons. The van der Waals surface area contributed by atoms with Gasteiger partial charge in [-0.15, -0.1) is 0 Å². The lowest BCUT2D eigenvalue weighted by Gasteiger charge is -2.35. The Bertz CT molecular complexity index is 1360. The van der Waals surface area contributed by atoms with E-state index >= 15 is 0 Å². The highest BCUT2D eigenvalue weighted by Gasteiger charge is 2.27. The third kappa shape index (κ3) is 6.56. The second-order valence-corrected chi connectivity index (χ2v) is 10.6. The second-order valence-electron chi connectivity index (χ2n) is 8.88. The Morgan fingerprint density at radius 3 is 2.53 bits per heavy atom. The number of rotatable bonds is 8. The van der Waals surface area contributed by atoms with Gasteiger partial charge in [0.1, 0.15) is 4.90 Å². The van der Waals surface area contributed by atoms with Gasteiger partial charge in [-0.3, -0.25) is 14.6 Å². The molecule has 11 nitrogen and oxygen atoms in total. The number of hydrogen-bond donors (Lipinski definition) is 2. The molecule has 0 saturated carbocycles. The third-order valence-corrected chi connectivity index (χ3v) is 7.82. The van der Waals surface area contributed by atoms with E-state index < -0.39 is 16.1 Å². The quantitative estimate of drug-likeness (QED) is 0.484. The van der Waals surface area contributed by atoms with Crippen molar-refractivity contribution in [3.63, 3.8) is 0 Å². The number of ether oxygens (including phenoxy) is 1. The van der Waals surface area contributed by atoms with Crippen molar-refractivity contribution in [1.82, 2.24) is 24.8 Å². The van der Waals surface area contributed by atoms with Crippen molar-refractivity contribution < 1.29 is 27.5 Å². The van der Waals surface area contributed by atoms with Gasteiger partial charge in [-0.1, -0.05) is 36.4 Å². The van der Waals surface area contributed by atoms with Crippen LogP contribution in [-0.2, 0) is 24.3 Å². The number of hydrogen-bond acceptors (Lipinski definition) is 7. The lowest BCUT2D eigenvalue weighted by molar-refractivity contribution is -0.143. The largest absolute Gasteiger partial charge is 0.466 e. The molecule has 1 aliphatic heterocycles. The zero-order valence-electron chi connectivity index (χ0n) is 21.1. The summed E-state index contributed by atoms with van der Waals surface area (Å²) in [6, 6.07) is 7.79. The molecule has 1 saturated heterocycles. The van der Waals surface area contributed by atoms with Gasteiger partial charge >= 0.3 is 12.0 Å². The molecule has 202 valence electrons. The number of urea groups is 1. The summed E-state index contributed by atoms with van der Waals surface area (Å²) in [6.07, 6.45) is 7.03. The van der Waals surface area contributed by atoms with Gasteiger partial charge < -0.3 is 19.9 Å². The molecule has 2 N–H and O–H groups in total. The van der Waals surface area contributed by atoms with Crippen molar-refractivity contribution in [2.45, 2.75) is 30.7 Å². The fraction of sp³-hybridized carbons (Fsp3) is 0.385. The third-order valence-electron chi connectivity index (χ3n) is 6.30. The first-order valence-corrected chi connectivity index (χ1v) is 14.0. The van der Waals surface area contributed by atoms with Crippen LogP contribution in [0.4, 0.5) is 4.79 Å². The van der Waals surface area contributed by atoms with Crippen molar-refractivity contribution >= 4 is 38.8 Å². The normalized spacial score (nSPS) is 17.7. The molecule has 1 atom stereocenters. The van der Waals surface area contributed by atoms with Crippen LogP contribution in [-0.4, -0.2) is 86.5 Å². The molecule has 1 aromatic heterocycles. The van der Waals surface area contributed by atoms with Crippen molar-refractivity contribution in [3.8, 4) is 0 Å². The molecule has 0 spiro atoms. The van der Waals surface area contributed by atoms with Gasteiger partial charge in [-0.25, -0.2) is 17.9 Å². The van der Waals surface area contributed by atoms with Gasteiger partial charge in [-0.2, -0.15) is 0 Å². The summed E-state index contributed by atoms with van der Waals surface area (Å²) in [6.45, 7) is 3.70. The van der Waals surface area contributed by atoms with E-state index in [2.05, 4.69) is 15.0 Å². The number of aromatic nitrogens is 1. The van der Waals surface area contributed by atoms with Crippen LogP contribution >= 0.6 is 0 Å². The zero-order chi connectivity index (χ0) is 27.1. The molecule has 0 bridgehead atoms. The summed E-state index contributed by atoms with van der Waals surface area (Å²) >= 11 is 0. The van der Waals surface area contributed by atoms with E-state index in [0.717, 1.165) is 5.39 Å². The number of fused-ring (bicyclic) bond motifs is 1. The van der Waals surface area contributed by atoms with Gasteiger partial charge in [0.25, 0.3) is 5.91 Å². The second kappa shape index (κ2) is 12.2. The number of para-hydroxylation sites is 1. The number of nitrogens with zero attached hydrogens (tertiary/aromatic N) is 3. The number of nitrogens with one attached hydrogen (secondary N) is 2. The zero-order valence-corrected chi connectivity index (χ0v) is 21.9. The summed E-state index contributed by atoms with van der Waals surface area (Å²) < 4.78 is 33.6. The Hall–Kier alpha value is -3.77. The van der Waals surface area contributed by atoms with Crippen LogP contribution in [0.25, 0.3) is 10.9 Å². The number of carbonyl (C=O) groups excluding carboxylic acids is 3. The number of amides is 3. The van der Waals surface area contributed by atoms with Crippen molar-refractivity contribution in [3.05, 3.63) is 60.3 Å². The van der Waals surface area contributed by atoms with E-state index in [0.29, 0.717) is 50.3 Å². The lowest BCUT2D eigenvalue weighted by Crippen LogP contribution is -2.53. The summed E-state index contributed by atoms with van der Waals surface area (Å²) in [5.74, 6) is -0.527. The monoisotopic (exact) mass is 541 g/mol. The fourth-order valence-corrected chi connectivity index (χ4v) is 5.72. The molecule has 2 aliphatic rings. The highest BCUT2D eigenvalue weighted by Crippen LogP contribution is 2.22. The van der Waals surface area contributed by atoms with Crippen LogP contribution in [0.5, 0.6) is 0 Å². The first-order valence-electron chi connectivity index (χ1n) is 12.5. The minimum absolute atomic E-state index is 0.106. The van der Waals surface area contributed by atoms with E-state index in [1.165, 1.54) is 6.07 Å². The Balaban J connectivity index is 1.26. The van der Waals surface area contributed by atoms with Crippen molar-refractivity contribution in [2.24, 2.45) is 0 Å². The number of pyridine rings is 1.